The minimum absolute atomic E-state index is 0.0409. The molecule has 1 atom stereocenters. The van der Waals surface area contributed by atoms with Crippen LogP contribution in [0.4, 0.5) is 10.2 Å². The molecule has 4 aromatic rings. The molecule has 0 bridgehead atoms. The Morgan fingerprint density at radius 1 is 1.12 bits per heavy atom. The van der Waals surface area contributed by atoms with Crippen molar-refractivity contribution in [2.24, 2.45) is 0 Å². The maximum atomic E-state index is 13.6. The van der Waals surface area contributed by atoms with E-state index in [9.17, 15) is 14.0 Å². The topological polar surface area (TPSA) is 112 Å². The highest BCUT2D eigenvalue weighted by molar-refractivity contribution is 9.10. The van der Waals surface area contributed by atoms with Gasteiger partial charge in [-0.2, -0.15) is 0 Å². The van der Waals surface area contributed by atoms with E-state index in [-0.39, 0.29) is 17.7 Å². The predicted molar refractivity (Wildman–Crippen MR) is 158 cm³/mol. The fraction of sp³-hybridized carbons (Fsp3) is 0.414. The summed E-state index contributed by atoms with van der Waals surface area (Å²) < 4.78 is 21.4. The molecule has 0 aliphatic carbocycles. The van der Waals surface area contributed by atoms with Crippen molar-refractivity contribution in [3.8, 4) is 5.75 Å². The first-order chi connectivity index (χ1) is 20.4. The third-order valence-electron chi connectivity index (χ3n) is 8.07. The van der Waals surface area contributed by atoms with Gasteiger partial charge in [-0.3, -0.25) is 14.3 Å². The second kappa shape index (κ2) is 12.1. The number of methoxy groups -OCH3 is 1. The number of amides is 2. The SMILES string of the molecule is COc1cc(F)cnc1N1CCN(C(=O)c2cc(Br)c3[nH]c([C@H]4CCCN(C(=O)CCn5ccnn5)C4)cc3c2)CC1. The van der Waals surface area contributed by atoms with Crippen molar-refractivity contribution >= 4 is 44.5 Å². The Hall–Kier alpha value is -4.00. The number of aromatic nitrogens is 5. The number of ether oxygens (including phenoxy) is 1. The molecule has 2 fully saturated rings. The number of anilines is 1. The first-order valence-corrected chi connectivity index (χ1v) is 14.9. The van der Waals surface area contributed by atoms with Gasteiger partial charge >= 0.3 is 0 Å². The number of nitrogens with one attached hydrogen (secondary N) is 1. The van der Waals surface area contributed by atoms with Gasteiger partial charge < -0.3 is 24.4 Å². The second-order valence-corrected chi connectivity index (χ2v) is 11.6. The van der Waals surface area contributed by atoms with Crippen LogP contribution in [0.25, 0.3) is 10.9 Å². The molecular formula is C29H32BrFN8O3. The van der Waals surface area contributed by atoms with Crippen LogP contribution in [-0.4, -0.2) is 93.0 Å². The summed E-state index contributed by atoms with van der Waals surface area (Å²) in [5, 5.41) is 8.69. The van der Waals surface area contributed by atoms with Gasteiger partial charge in [-0.05, 0) is 47.0 Å². The number of hydrogen-bond acceptors (Lipinski definition) is 7. The minimum atomic E-state index is -0.452. The summed E-state index contributed by atoms with van der Waals surface area (Å²) in [6.07, 6.45) is 6.86. The number of halogens is 2. The highest BCUT2D eigenvalue weighted by atomic mass is 79.9. The maximum Gasteiger partial charge on any atom is 0.254 e. The van der Waals surface area contributed by atoms with E-state index in [1.807, 2.05) is 26.8 Å². The third-order valence-corrected chi connectivity index (χ3v) is 8.70. The van der Waals surface area contributed by atoms with Crippen LogP contribution in [0.15, 0.2) is 47.3 Å². The van der Waals surface area contributed by atoms with Crippen molar-refractivity contribution < 1.29 is 18.7 Å². The zero-order valence-electron chi connectivity index (χ0n) is 23.3. The minimum Gasteiger partial charge on any atom is -0.493 e. The largest absolute Gasteiger partial charge is 0.493 e. The standard InChI is InChI=1S/C29H32BrFN8O3/c1-42-25-16-22(31)17-32-28(25)36-9-11-37(12-10-36)29(41)21-13-20-15-24(34-27(20)23(30)14-21)19-3-2-6-38(18-19)26(40)4-7-39-8-5-33-35-39/h5,8,13-17,19,34H,2-4,6-7,9-12,18H2,1H3/t19-/m0/s1. The Balaban J connectivity index is 1.11. The molecule has 5 heterocycles. The predicted octanol–water partition coefficient (Wildman–Crippen LogP) is 3.82. The molecule has 13 heteroatoms. The number of aryl methyl sites for hydroxylation is 1. The molecule has 0 spiro atoms. The Bertz CT molecular complexity index is 1590. The fourth-order valence-corrected chi connectivity index (χ4v) is 6.42. The average molecular weight is 640 g/mol. The molecule has 220 valence electrons. The van der Waals surface area contributed by atoms with Crippen LogP contribution >= 0.6 is 15.9 Å². The monoisotopic (exact) mass is 638 g/mol. The fourth-order valence-electron chi connectivity index (χ4n) is 5.85. The molecule has 11 nitrogen and oxygen atoms in total. The molecule has 2 saturated heterocycles. The number of piperazine rings is 1. The van der Waals surface area contributed by atoms with Crippen molar-refractivity contribution in [3.63, 3.8) is 0 Å². The third kappa shape index (κ3) is 5.83. The Labute approximate surface area is 250 Å². The zero-order valence-corrected chi connectivity index (χ0v) is 24.9. The second-order valence-electron chi connectivity index (χ2n) is 10.7. The molecule has 3 aromatic heterocycles. The van der Waals surface area contributed by atoms with E-state index < -0.39 is 5.82 Å². The first kappa shape index (κ1) is 28.1. The molecule has 0 unspecified atom stereocenters. The van der Waals surface area contributed by atoms with E-state index in [0.717, 1.165) is 40.5 Å². The van der Waals surface area contributed by atoms with Crippen LogP contribution in [0.2, 0.25) is 0 Å². The van der Waals surface area contributed by atoms with Gasteiger partial charge in [0.25, 0.3) is 5.91 Å². The van der Waals surface area contributed by atoms with Crippen LogP contribution in [0.3, 0.4) is 0 Å². The number of rotatable bonds is 7. The van der Waals surface area contributed by atoms with Gasteiger partial charge in [0.1, 0.15) is 5.82 Å². The van der Waals surface area contributed by atoms with Gasteiger partial charge in [0.2, 0.25) is 5.91 Å². The highest BCUT2D eigenvalue weighted by Gasteiger charge is 2.28. The number of carbonyl (C=O) groups is 2. The van der Waals surface area contributed by atoms with Crippen LogP contribution in [0.1, 0.15) is 41.2 Å². The summed E-state index contributed by atoms with van der Waals surface area (Å²) >= 11 is 3.67. The van der Waals surface area contributed by atoms with Crippen molar-refractivity contribution in [2.45, 2.75) is 31.7 Å². The van der Waals surface area contributed by atoms with Gasteiger partial charge in [-0.15, -0.1) is 5.10 Å². The normalized spacial score (nSPS) is 17.6. The summed E-state index contributed by atoms with van der Waals surface area (Å²) in [5.74, 6) is 0.775. The quantitative estimate of drug-likeness (QED) is 0.327. The molecule has 1 N–H and O–H groups in total. The Morgan fingerprint density at radius 3 is 2.71 bits per heavy atom. The number of H-pyrrole nitrogens is 1. The number of benzene rings is 1. The lowest BCUT2D eigenvalue weighted by Gasteiger charge is -2.36. The number of piperidine rings is 1. The molecule has 0 radical (unpaired) electrons. The molecule has 1 aromatic carbocycles. The molecular weight excluding hydrogens is 607 g/mol. The van der Waals surface area contributed by atoms with E-state index in [0.29, 0.717) is 62.8 Å². The Morgan fingerprint density at radius 2 is 1.95 bits per heavy atom. The lowest BCUT2D eigenvalue weighted by molar-refractivity contribution is -0.132. The van der Waals surface area contributed by atoms with Gasteiger partial charge in [0.05, 0.1) is 31.6 Å². The Kier molecular flexibility index (Phi) is 8.09. The van der Waals surface area contributed by atoms with Crippen molar-refractivity contribution in [1.29, 1.82) is 0 Å². The van der Waals surface area contributed by atoms with E-state index in [1.165, 1.54) is 19.4 Å². The molecule has 6 rings (SSSR count). The lowest BCUT2D eigenvalue weighted by atomic mass is 9.94. The summed E-state index contributed by atoms with van der Waals surface area (Å²) in [7, 11) is 1.49. The zero-order chi connectivity index (χ0) is 29.2. The number of carbonyl (C=O) groups excluding carboxylic acids is 2. The van der Waals surface area contributed by atoms with E-state index in [4.69, 9.17) is 4.74 Å². The number of aromatic amines is 1. The van der Waals surface area contributed by atoms with Gasteiger partial charge in [-0.1, -0.05) is 5.21 Å². The summed E-state index contributed by atoms with van der Waals surface area (Å²) in [6.45, 7) is 4.08. The molecule has 42 heavy (non-hydrogen) atoms. The lowest BCUT2D eigenvalue weighted by Crippen LogP contribution is -2.49. The van der Waals surface area contributed by atoms with Gasteiger partial charge in [-0.25, -0.2) is 9.37 Å². The van der Waals surface area contributed by atoms with Crippen molar-refractivity contribution in [2.75, 3.05) is 51.3 Å². The van der Waals surface area contributed by atoms with Crippen LogP contribution in [-0.2, 0) is 11.3 Å². The van der Waals surface area contributed by atoms with Crippen molar-refractivity contribution in [3.05, 3.63) is 64.4 Å². The van der Waals surface area contributed by atoms with Crippen LogP contribution in [0, 0.1) is 5.82 Å². The van der Waals surface area contributed by atoms with Crippen molar-refractivity contribution in [1.82, 2.24) is 34.8 Å². The summed E-state index contributed by atoms with van der Waals surface area (Å²) in [6, 6.07) is 7.22. The summed E-state index contributed by atoms with van der Waals surface area (Å²) in [4.78, 5) is 39.9. The van der Waals surface area contributed by atoms with Crippen LogP contribution < -0.4 is 9.64 Å². The van der Waals surface area contributed by atoms with E-state index in [2.05, 4.69) is 42.3 Å². The van der Waals surface area contributed by atoms with Gasteiger partial charge in [0.15, 0.2) is 11.6 Å². The number of pyridine rings is 1. The highest BCUT2D eigenvalue weighted by Crippen LogP contribution is 2.33. The smallest absolute Gasteiger partial charge is 0.254 e. The number of fused-ring (bicyclic) bond motifs is 1. The average Bonchev–Trinajstić information content (AvgIpc) is 3.70. The maximum absolute atomic E-state index is 13.6. The molecule has 2 aliphatic rings. The number of nitrogens with zero attached hydrogens (tertiary/aromatic N) is 7. The molecule has 2 aliphatic heterocycles. The first-order valence-electron chi connectivity index (χ1n) is 14.1. The molecule has 2 amide bonds. The van der Waals surface area contributed by atoms with Gasteiger partial charge in [0, 0.05) is 85.0 Å². The van der Waals surface area contributed by atoms with E-state index >= 15 is 0 Å². The molecule has 0 saturated carbocycles. The summed E-state index contributed by atoms with van der Waals surface area (Å²) in [5.41, 5.74) is 2.62. The number of likely N-dealkylation sites (tertiary alicyclic amines) is 1. The van der Waals surface area contributed by atoms with Crippen LogP contribution in [0.5, 0.6) is 5.75 Å². The number of hydrogen-bond donors (Lipinski definition) is 1. The van der Waals surface area contributed by atoms with E-state index in [1.54, 1.807) is 17.1 Å².